The first-order valence-electron chi connectivity index (χ1n) is 13.1. The van der Waals surface area contributed by atoms with Crippen LogP contribution >= 0.6 is 0 Å². The summed E-state index contributed by atoms with van der Waals surface area (Å²) >= 11 is 0. The van der Waals surface area contributed by atoms with Crippen LogP contribution < -0.4 is 5.32 Å². The fourth-order valence-corrected chi connectivity index (χ4v) is 5.65. The normalized spacial score (nSPS) is 18.4. The number of amides is 1. The molecule has 2 aromatic carbocycles. The average Bonchev–Trinajstić information content (AvgIpc) is 3.28. The van der Waals surface area contributed by atoms with Crippen LogP contribution in [0.3, 0.4) is 0 Å². The summed E-state index contributed by atoms with van der Waals surface area (Å²) in [6, 6.07) is 21.8. The van der Waals surface area contributed by atoms with Crippen molar-refractivity contribution in [2.45, 2.75) is 64.3 Å². The number of piperidine rings is 1. The van der Waals surface area contributed by atoms with Gasteiger partial charge < -0.3 is 14.8 Å². The number of nitrogens with zero attached hydrogens (tertiary/aromatic N) is 2. The standard InChI is InChI=1S/C30H37N3O/c1-23-10-7-8-20-32(23)21-9-19-31-30(34)25-15-17-27(18-16-25)33-28-14-6-5-13-26(28)22-29(33)24-11-3-2-4-12-24/h2-4,11-12,15-18,22-23H,5-10,13-14,19-21H2,1H3,(H,31,34)/t23-/m1/s1. The van der Waals surface area contributed by atoms with Gasteiger partial charge in [-0.05, 0) is 99.9 Å². The molecule has 2 aliphatic rings. The molecule has 4 nitrogen and oxygen atoms in total. The molecule has 1 amide bonds. The van der Waals surface area contributed by atoms with Crippen molar-refractivity contribution in [2.75, 3.05) is 19.6 Å². The van der Waals surface area contributed by atoms with Crippen molar-refractivity contribution in [1.29, 1.82) is 0 Å². The third-order valence-corrected chi connectivity index (χ3v) is 7.61. The monoisotopic (exact) mass is 455 g/mol. The molecule has 34 heavy (non-hydrogen) atoms. The van der Waals surface area contributed by atoms with Gasteiger partial charge in [0.05, 0.1) is 5.69 Å². The Morgan fingerprint density at radius 3 is 2.56 bits per heavy atom. The maximum atomic E-state index is 12.7. The minimum atomic E-state index is 0.0241. The Hall–Kier alpha value is -2.85. The first-order valence-corrected chi connectivity index (χ1v) is 13.1. The Labute approximate surface area is 204 Å². The lowest BCUT2D eigenvalue weighted by Crippen LogP contribution is -2.39. The fraction of sp³-hybridized carbons (Fsp3) is 0.433. The van der Waals surface area contributed by atoms with Crippen LogP contribution in [0.15, 0.2) is 60.7 Å². The molecule has 0 bridgehead atoms. The van der Waals surface area contributed by atoms with Gasteiger partial charge in [-0.2, -0.15) is 0 Å². The average molecular weight is 456 g/mol. The summed E-state index contributed by atoms with van der Waals surface area (Å²) in [5, 5.41) is 3.12. The van der Waals surface area contributed by atoms with E-state index in [-0.39, 0.29) is 5.91 Å². The molecule has 3 aromatic rings. The van der Waals surface area contributed by atoms with Gasteiger partial charge in [0.1, 0.15) is 0 Å². The molecule has 0 unspecified atom stereocenters. The van der Waals surface area contributed by atoms with Crippen molar-refractivity contribution in [3.05, 3.63) is 77.5 Å². The summed E-state index contributed by atoms with van der Waals surface area (Å²) in [6.07, 6.45) is 9.73. The van der Waals surface area contributed by atoms with Gasteiger partial charge in [0, 0.05) is 36.1 Å². The zero-order chi connectivity index (χ0) is 23.3. The Kier molecular flexibility index (Phi) is 7.15. The van der Waals surface area contributed by atoms with Gasteiger partial charge in [0.15, 0.2) is 0 Å². The molecule has 0 radical (unpaired) electrons. The van der Waals surface area contributed by atoms with Crippen molar-refractivity contribution in [3.63, 3.8) is 0 Å². The van der Waals surface area contributed by atoms with E-state index >= 15 is 0 Å². The van der Waals surface area contributed by atoms with Crippen LogP contribution in [0.4, 0.5) is 0 Å². The fourth-order valence-electron chi connectivity index (χ4n) is 5.65. The molecule has 0 spiro atoms. The van der Waals surface area contributed by atoms with E-state index in [9.17, 15) is 4.79 Å². The molecule has 1 saturated heterocycles. The summed E-state index contributed by atoms with van der Waals surface area (Å²) in [5.41, 5.74) is 7.25. The number of likely N-dealkylation sites (tertiary alicyclic amines) is 1. The van der Waals surface area contributed by atoms with Gasteiger partial charge in [-0.25, -0.2) is 0 Å². The maximum absolute atomic E-state index is 12.7. The van der Waals surface area contributed by atoms with Crippen LogP contribution in [-0.4, -0.2) is 41.1 Å². The third kappa shape index (κ3) is 4.97. The second-order valence-corrected chi connectivity index (χ2v) is 9.95. The second kappa shape index (κ2) is 10.6. The van der Waals surface area contributed by atoms with Crippen molar-refractivity contribution in [3.8, 4) is 16.9 Å². The first kappa shape index (κ1) is 22.9. The van der Waals surface area contributed by atoms with E-state index in [2.05, 4.69) is 70.2 Å². The summed E-state index contributed by atoms with van der Waals surface area (Å²) in [6.45, 7) is 5.32. The van der Waals surface area contributed by atoms with E-state index in [0.717, 1.165) is 43.6 Å². The van der Waals surface area contributed by atoms with Crippen LogP contribution in [0, 0.1) is 0 Å². The molecule has 1 aromatic heterocycles. The van der Waals surface area contributed by atoms with E-state index < -0.39 is 0 Å². The molecule has 0 saturated carbocycles. The Morgan fingerprint density at radius 1 is 0.971 bits per heavy atom. The number of benzene rings is 2. The van der Waals surface area contributed by atoms with Crippen molar-refractivity contribution in [1.82, 2.24) is 14.8 Å². The molecule has 1 aliphatic carbocycles. The minimum Gasteiger partial charge on any atom is -0.352 e. The Balaban J connectivity index is 1.27. The van der Waals surface area contributed by atoms with Crippen molar-refractivity contribution in [2.24, 2.45) is 0 Å². The number of carbonyl (C=O) groups excluding carboxylic acids is 1. The zero-order valence-electron chi connectivity index (χ0n) is 20.4. The van der Waals surface area contributed by atoms with Crippen molar-refractivity contribution < 1.29 is 4.79 Å². The number of aryl methyl sites for hydroxylation is 1. The first-order chi connectivity index (χ1) is 16.7. The third-order valence-electron chi connectivity index (χ3n) is 7.61. The highest BCUT2D eigenvalue weighted by Gasteiger charge is 2.21. The lowest BCUT2D eigenvalue weighted by molar-refractivity contribution is 0.0949. The maximum Gasteiger partial charge on any atom is 0.251 e. The van der Waals surface area contributed by atoms with Crippen molar-refractivity contribution >= 4 is 5.91 Å². The van der Waals surface area contributed by atoms with E-state index in [4.69, 9.17) is 0 Å². The van der Waals surface area contributed by atoms with E-state index in [0.29, 0.717) is 6.04 Å². The molecule has 178 valence electrons. The predicted octanol–water partition coefficient (Wildman–Crippen LogP) is 6.02. The summed E-state index contributed by atoms with van der Waals surface area (Å²) in [7, 11) is 0. The summed E-state index contributed by atoms with van der Waals surface area (Å²) < 4.78 is 2.41. The van der Waals surface area contributed by atoms with E-state index in [1.165, 1.54) is 61.2 Å². The number of carbonyl (C=O) groups is 1. The number of aromatic nitrogens is 1. The number of fused-ring (bicyclic) bond motifs is 1. The smallest absolute Gasteiger partial charge is 0.251 e. The number of hydrogen-bond acceptors (Lipinski definition) is 2. The van der Waals surface area contributed by atoms with Gasteiger partial charge in [-0.15, -0.1) is 0 Å². The number of rotatable bonds is 7. The highest BCUT2D eigenvalue weighted by Crippen LogP contribution is 2.34. The van der Waals surface area contributed by atoms with Gasteiger partial charge in [-0.3, -0.25) is 4.79 Å². The molecule has 1 atom stereocenters. The summed E-state index contributed by atoms with van der Waals surface area (Å²) in [5.74, 6) is 0.0241. The topological polar surface area (TPSA) is 37.3 Å². The second-order valence-electron chi connectivity index (χ2n) is 9.95. The van der Waals surface area contributed by atoms with Crippen LogP contribution in [0.1, 0.15) is 67.1 Å². The van der Waals surface area contributed by atoms with Gasteiger partial charge in [-0.1, -0.05) is 36.8 Å². The summed E-state index contributed by atoms with van der Waals surface area (Å²) in [4.78, 5) is 15.3. The highest BCUT2D eigenvalue weighted by molar-refractivity contribution is 5.94. The minimum absolute atomic E-state index is 0.0241. The molecular weight excluding hydrogens is 418 g/mol. The molecule has 1 N–H and O–H groups in total. The predicted molar refractivity (Wildman–Crippen MR) is 140 cm³/mol. The SMILES string of the molecule is C[C@@H]1CCCCN1CCCNC(=O)c1ccc(-n2c(-c3ccccc3)cc3c2CCCC3)cc1. The quantitative estimate of drug-likeness (QED) is 0.443. The van der Waals surface area contributed by atoms with Crippen LogP contribution in [0.25, 0.3) is 16.9 Å². The molecule has 1 fully saturated rings. The lowest BCUT2D eigenvalue weighted by atomic mass is 9.98. The zero-order valence-corrected chi connectivity index (χ0v) is 20.4. The van der Waals surface area contributed by atoms with E-state index in [1.54, 1.807) is 0 Å². The Bertz CT molecular complexity index is 1100. The lowest BCUT2D eigenvalue weighted by Gasteiger charge is -2.33. The van der Waals surface area contributed by atoms with E-state index in [1.807, 2.05) is 12.1 Å². The molecule has 4 heteroatoms. The molecule has 2 heterocycles. The molecular formula is C30H37N3O. The number of nitrogens with one attached hydrogen (secondary N) is 1. The van der Waals surface area contributed by atoms with Gasteiger partial charge >= 0.3 is 0 Å². The van der Waals surface area contributed by atoms with Crippen LogP contribution in [0.2, 0.25) is 0 Å². The van der Waals surface area contributed by atoms with Crippen LogP contribution in [-0.2, 0) is 12.8 Å². The van der Waals surface area contributed by atoms with Gasteiger partial charge in [0.2, 0.25) is 0 Å². The largest absolute Gasteiger partial charge is 0.352 e. The van der Waals surface area contributed by atoms with Gasteiger partial charge in [0.25, 0.3) is 5.91 Å². The number of hydrogen-bond donors (Lipinski definition) is 1. The molecule has 1 aliphatic heterocycles. The molecule has 5 rings (SSSR count). The Morgan fingerprint density at radius 2 is 1.76 bits per heavy atom. The van der Waals surface area contributed by atoms with Crippen LogP contribution in [0.5, 0.6) is 0 Å². The highest BCUT2D eigenvalue weighted by atomic mass is 16.1.